The molecule has 1 aromatic rings. The van der Waals surface area contributed by atoms with Gasteiger partial charge in [0, 0.05) is 16.7 Å². The number of hydrogen-bond donors (Lipinski definition) is 1. The first-order valence-corrected chi connectivity index (χ1v) is 8.62. The van der Waals surface area contributed by atoms with Gasteiger partial charge in [-0.05, 0) is 57.5 Å². The van der Waals surface area contributed by atoms with Crippen molar-refractivity contribution in [3.05, 3.63) is 16.7 Å². The van der Waals surface area contributed by atoms with Crippen LogP contribution in [0.25, 0.3) is 0 Å². The van der Waals surface area contributed by atoms with Crippen LogP contribution < -0.4 is 19.5 Å². The van der Waals surface area contributed by atoms with Gasteiger partial charge >= 0.3 is 0 Å². The zero-order valence-electron chi connectivity index (χ0n) is 13.4. The third-order valence-electron chi connectivity index (χ3n) is 5.18. The summed E-state index contributed by atoms with van der Waals surface area (Å²) in [5, 5.41) is 3.47. The maximum atomic E-state index is 6.16. The van der Waals surface area contributed by atoms with Crippen LogP contribution in [0.1, 0.15) is 48.3 Å². The maximum absolute atomic E-state index is 6.16. The Hall–Kier alpha value is -1.42. The first-order chi connectivity index (χ1) is 10.9. The Morgan fingerprint density at radius 3 is 2.36 bits per heavy atom. The average Bonchev–Trinajstić information content (AvgIpc) is 2.60. The van der Waals surface area contributed by atoms with Gasteiger partial charge in [0.1, 0.15) is 5.75 Å². The SMILES string of the molecule is COc1c2c(c(C3CCNCC3)c3c1OCCC3)OCCC2. The quantitative estimate of drug-likeness (QED) is 0.912. The molecule has 3 aliphatic rings. The zero-order chi connectivity index (χ0) is 14.9. The molecular weight excluding hydrogens is 278 g/mol. The van der Waals surface area contributed by atoms with Crippen molar-refractivity contribution in [2.24, 2.45) is 0 Å². The van der Waals surface area contributed by atoms with Gasteiger partial charge in [-0.2, -0.15) is 0 Å². The van der Waals surface area contributed by atoms with E-state index < -0.39 is 0 Å². The van der Waals surface area contributed by atoms with E-state index in [1.54, 1.807) is 7.11 Å². The number of rotatable bonds is 2. The van der Waals surface area contributed by atoms with Gasteiger partial charge in [0.05, 0.1) is 20.3 Å². The molecule has 4 heteroatoms. The Morgan fingerprint density at radius 2 is 1.64 bits per heavy atom. The summed E-state index contributed by atoms with van der Waals surface area (Å²) in [5.74, 6) is 3.65. The van der Waals surface area contributed by atoms with E-state index in [-0.39, 0.29) is 0 Å². The fourth-order valence-corrected chi connectivity index (χ4v) is 4.20. The summed E-state index contributed by atoms with van der Waals surface area (Å²) in [6.45, 7) is 3.82. The van der Waals surface area contributed by atoms with Gasteiger partial charge in [-0.1, -0.05) is 0 Å². The molecule has 0 radical (unpaired) electrons. The summed E-state index contributed by atoms with van der Waals surface area (Å²) in [6, 6.07) is 0. The fourth-order valence-electron chi connectivity index (χ4n) is 4.20. The van der Waals surface area contributed by atoms with E-state index in [2.05, 4.69) is 5.32 Å². The third-order valence-corrected chi connectivity index (χ3v) is 5.18. The lowest BCUT2D eigenvalue weighted by molar-refractivity contribution is 0.247. The van der Waals surface area contributed by atoms with Crippen LogP contribution in [0.15, 0.2) is 0 Å². The van der Waals surface area contributed by atoms with Crippen molar-refractivity contribution in [2.75, 3.05) is 33.4 Å². The van der Waals surface area contributed by atoms with Gasteiger partial charge in [-0.25, -0.2) is 0 Å². The lowest BCUT2D eigenvalue weighted by Crippen LogP contribution is -2.28. The monoisotopic (exact) mass is 303 g/mol. The molecule has 0 spiro atoms. The minimum atomic E-state index is 0.592. The van der Waals surface area contributed by atoms with E-state index in [1.165, 1.54) is 29.5 Å². The molecule has 120 valence electrons. The second kappa shape index (κ2) is 5.99. The second-order valence-electron chi connectivity index (χ2n) is 6.49. The van der Waals surface area contributed by atoms with Crippen molar-refractivity contribution in [3.63, 3.8) is 0 Å². The lowest BCUT2D eigenvalue weighted by Gasteiger charge is -2.34. The molecule has 1 aromatic carbocycles. The summed E-state index contributed by atoms with van der Waals surface area (Å²) in [7, 11) is 1.76. The van der Waals surface area contributed by atoms with Gasteiger partial charge in [0.25, 0.3) is 0 Å². The van der Waals surface area contributed by atoms with Crippen LogP contribution in [-0.4, -0.2) is 33.4 Å². The molecule has 3 aliphatic heterocycles. The maximum Gasteiger partial charge on any atom is 0.167 e. The van der Waals surface area contributed by atoms with Gasteiger partial charge in [-0.3, -0.25) is 0 Å². The van der Waals surface area contributed by atoms with E-state index in [1.807, 2.05) is 0 Å². The lowest BCUT2D eigenvalue weighted by atomic mass is 9.81. The second-order valence-corrected chi connectivity index (χ2v) is 6.49. The van der Waals surface area contributed by atoms with Gasteiger partial charge < -0.3 is 19.5 Å². The number of hydrogen-bond acceptors (Lipinski definition) is 4. The minimum Gasteiger partial charge on any atom is -0.493 e. The largest absolute Gasteiger partial charge is 0.493 e. The van der Waals surface area contributed by atoms with Crippen LogP contribution in [-0.2, 0) is 12.8 Å². The van der Waals surface area contributed by atoms with Crippen molar-refractivity contribution >= 4 is 0 Å². The highest BCUT2D eigenvalue weighted by molar-refractivity contribution is 5.65. The van der Waals surface area contributed by atoms with Crippen LogP contribution >= 0.6 is 0 Å². The first kappa shape index (κ1) is 14.2. The molecule has 0 aromatic heterocycles. The molecule has 0 saturated carbocycles. The Bertz CT molecular complexity index is 527. The summed E-state index contributed by atoms with van der Waals surface area (Å²) in [5.41, 5.74) is 4.03. The van der Waals surface area contributed by atoms with Crippen molar-refractivity contribution in [1.82, 2.24) is 5.32 Å². The summed E-state index contributed by atoms with van der Waals surface area (Å²) in [6.07, 6.45) is 6.65. The first-order valence-electron chi connectivity index (χ1n) is 8.62. The van der Waals surface area contributed by atoms with E-state index >= 15 is 0 Å². The highest BCUT2D eigenvalue weighted by atomic mass is 16.5. The van der Waals surface area contributed by atoms with Crippen LogP contribution in [0, 0.1) is 0 Å². The number of fused-ring (bicyclic) bond motifs is 2. The molecule has 1 N–H and O–H groups in total. The topological polar surface area (TPSA) is 39.7 Å². The van der Waals surface area contributed by atoms with E-state index in [4.69, 9.17) is 14.2 Å². The predicted molar refractivity (Wildman–Crippen MR) is 85.5 cm³/mol. The molecule has 0 amide bonds. The standard InChI is InChI=1S/C18H25NO3/c1-20-17-14-5-3-10-21-16(14)15(12-6-8-19-9-7-12)13-4-2-11-22-18(13)17/h12,19H,2-11H2,1H3. The molecular formula is C18H25NO3. The van der Waals surface area contributed by atoms with Crippen molar-refractivity contribution < 1.29 is 14.2 Å². The molecule has 3 heterocycles. The predicted octanol–water partition coefficient (Wildman–Crippen LogP) is 2.81. The van der Waals surface area contributed by atoms with Crippen LogP contribution in [0.4, 0.5) is 0 Å². The summed E-state index contributed by atoms with van der Waals surface area (Å²) >= 11 is 0. The Kier molecular flexibility index (Phi) is 3.87. The van der Waals surface area contributed by atoms with Gasteiger partial charge in [0.2, 0.25) is 0 Å². The smallest absolute Gasteiger partial charge is 0.167 e. The zero-order valence-corrected chi connectivity index (χ0v) is 13.4. The van der Waals surface area contributed by atoms with Crippen molar-refractivity contribution in [2.45, 2.75) is 44.4 Å². The molecule has 0 atom stereocenters. The number of piperidine rings is 1. The molecule has 1 saturated heterocycles. The molecule has 4 nitrogen and oxygen atoms in total. The Labute approximate surface area is 132 Å². The number of methoxy groups -OCH3 is 1. The highest BCUT2D eigenvalue weighted by Gasteiger charge is 2.33. The van der Waals surface area contributed by atoms with Crippen LogP contribution in [0.5, 0.6) is 17.2 Å². The third kappa shape index (κ3) is 2.24. The van der Waals surface area contributed by atoms with Crippen molar-refractivity contribution in [3.8, 4) is 17.2 Å². The Morgan fingerprint density at radius 1 is 0.955 bits per heavy atom. The summed E-state index contributed by atoms with van der Waals surface area (Å²) in [4.78, 5) is 0. The minimum absolute atomic E-state index is 0.592. The van der Waals surface area contributed by atoms with E-state index in [9.17, 15) is 0 Å². The van der Waals surface area contributed by atoms with Gasteiger partial charge in [0.15, 0.2) is 11.5 Å². The average molecular weight is 303 g/mol. The normalized spacial score (nSPS) is 21.3. The number of benzene rings is 1. The summed E-state index contributed by atoms with van der Waals surface area (Å²) < 4.78 is 17.9. The molecule has 4 rings (SSSR count). The molecule has 0 bridgehead atoms. The van der Waals surface area contributed by atoms with Gasteiger partial charge in [-0.15, -0.1) is 0 Å². The highest BCUT2D eigenvalue weighted by Crippen LogP contribution is 2.51. The van der Waals surface area contributed by atoms with E-state index in [0.29, 0.717) is 5.92 Å². The molecule has 0 aliphatic carbocycles. The van der Waals surface area contributed by atoms with Crippen LogP contribution in [0.3, 0.4) is 0 Å². The number of nitrogens with one attached hydrogen (secondary N) is 1. The number of ether oxygens (including phenoxy) is 3. The molecule has 22 heavy (non-hydrogen) atoms. The molecule has 0 unspecified atom stereocenters. The Balaban J connectivity index is 1.90. The van der Waals surface area contributed by atoms with Crippen LogP contribution in [0.2, 0.25) is 0 Å². The van der Waals surface area contributed by atoms with Crippen molar-refractivity contribution in [1.29, 1.82) is 0 Å². The van der Waals surface area contributed by atoms with E-state index in [0.717, 1.165) is 69.2 Å². The fraction of sp³-hybridized carbons (Fsp3) is 0.667. The molecule has 1 fully saturated rings.